The van der Waals surface area contributed by atoms with Crippen molar-refractivity contribution in [3.63, 3.8) is 0 Å². The van der Waals surface area contributed by atoms with E-state index in [4.69, 9.17) is 4.42 Å². The lowest BCUT2D eigenvalue weighted by Crippen LogP contribution is -1.87. The number of furan rings is 1. The molecule has 1 aliphatic carbocycles. The monoisotopic (exact) mass is 188 g/mol. The number of unbranched alkanes of at least 4 members (excludes halogenated alkanes) is 2. The van der Waals surface area contributed by atoms with Crippen LogP contribution in [0.3, 0.4) is 0 Å². The van der Waals surface area contributed by atoms with E-state index in [0.717, 1.165) is 17.8 Å². The van der Waals surface area contributed by atoms with Crippen molar-refractivity contribution >= 4 is 11.6 Å². The van der Waals surface area contributed by atoms with Gasteiger partial charge in [-0.15, -0.1) is 0 Å². The Hall–Kier alpha value is -1.24. The molecule has 0 saturated heterocycles. The van der Waals surface area contributed by atoms with Crippen LogP contribution in [0.25, 0.3) is 11.6 Å². The zero-order chi connectivity index (χ0) is 9.97. The quantitative estimate of drug-likeness (QED) is 0.649. The first kappa shape index (κ1) is 9.32. The molecule has 0 aliphatic heterocycles. The third kappa shape index (κ3) is 1.54. The molecule has 74 valence electrons. The Morgan fingerprint density at radius 3 is 2.93 bits per heavy atom. The first-order valence-corrected chi connectivity index (χ1v) is 5.30. The van der Waals surface area contributed by atoms with Crippen LogP contribution in [-0.4, -0.2) is 0 Å². The molecule has 0 spiro atoms. The molecule has 0 aromatic carbocycles. The average Bonchev–Trinajstić information content (AvgIpc) is 2.72. The number of allylic oxidation sites excluding steroid dienone is 2. The van der Waals surface area contributed by atoms with Gasteiger partial charge in [-0.3, -0.25) is 0 Å². The molecule has 14 heavy (non-hydrogen) atoms. The average molecular weight is 188 g/mol. The summed E-state index contributed by atoms with van der Waals surface area (Å²) in [5.74, 6) is 0.987. The smallest absolute Gasteiger partial charge is 0.134 e. The molecule has 1 heteroatoms. The maximum Gasteiger partial charge on any atom is 0.134 e. The van der Waals surface area contributed by atoms with E-state index in [9.17, 15) is 0 Å². The van der Waals surface area contributed by atoms with E-state index in [1.807, 2.05) is 18.4 Å². The van der Waals surface area contributed by atoms with Crippen LogP contribution in [0.2, 0.25) is 0 Å². The van der Waals surface area contributed by atoms with Crippen molar-refractivity contribution in [1.29, 1.82) is 0 Å². The number of rotatable bonds is 4. The highest BCUT2D eigenvalue weighted by atomic mass is 16.3. The van der Waals surface area contributed by atoms with Crippen LogP contribution >= 0.6 is 0 Å². The van der Waals surface area contributed by atoms with Crippen LogP contribution in [0.15, 0.2) is 23.3 Å². The van der Waals surface area contributed by atoms with Gasteiger partial charge >= 0.3 is 0 Å². The molecule has 1 aromatic rings. The largest absolute Gasteiger partial charge is 0.464 e. The van der Waals surface area contributed by atoms with Crippen LogP contribution in [-0.2, 0) is 6.42 Å². The van der Waals surface area contributed by atoms with Gasteiger partial charge in [-0.2, -0.15) is 0 Å². The van der Waals surface area contributed by atoms with Gasteiger partial charge < -0.3 is 4.42 Å². The lowest BCUT2D eigenvalue weighted by molar-refractivity contribution is 0.552. The molecule has 0 bridgehead atoms. The van der Waals surface area contributed by atoms with Crippen molar-refractivity contribution < 1.29 is 4.42 Å². The predicted molar refractivity (Wildman–Crippen MR) is 60.0 cm³/mol. The first-order valence-electron chi connectivity index (χ1n) is 5.30. The summed E-state index contributed by atoms with van der Waals surface area (Å²) in [7, 11) is 0. The van der Waals surface area contributed by atoms with Gasteiger partial charge in [0, 0.05) is 5.56 Å². The Labute approximate surface area is 85.1 Å². The molecule has 1 heterocycles. The highest BCUT2D eigenvalue weighted by molar-refractivity contribution is 5.88. The molecular weight excluding hydrogens is 172 g/mol. The Kier molecular flexibility index (Phi) is 2.58. The third-order valence-corrected chi connectivity index (χ3v) is 2.70. The van der Waals surface area contributed by atoms with Gasteiger partial charge in [0.15, 0.2) is 0 Å². The van der Waals surface area contributed by atoms with Crippen molar-refractivity contribution in [2.45, 2.75) is 32.6 Å². The molecule has 1 aromatic heterocycles. The number of fused-ring (bicyclic) bond motifs is 1. The minimum atomic E-state index is 0.987. The Bertz CT molecular complexity index is 369. The van der Waals surface area contributed by atoms with Crippen molar-refractivity contribution in [2.75, 3.05) is 0 Å². The zero-order valence-corrected chi connectivity index (χ0v) is 8.68. The molecule has 0 saturated carbocycles. The van der Waals surface area contributed by atoms with E-state index in [1.165, 1.54) is 30.4 Å². The fourth-order valence-electron chi connectivity index (χ4n) is 1.91. The molecule has 1 nitrogen and oxygen atoms in total. The van der Waals surface area contributed by atoms with Gasteiger partial charge in [-0.1, -0.05) is 32.4 Å². The SMILES string of the molecule is C=C1C=Cc2occ(CCCCC)c21. The minimum absolute atomic E-state index is 0.987. The van der Waals surface area contributed by atoms with Crippen LogP contribution in [0.4, 0.5) is 0 Å². The highest BCUT2D eigenvalue weighted by Gasteiger charge is 2.17. The van der Waals surface area contributed by atoms with Gasteiger partial charge in [-0.05, 0) is 30.1 Å². The maximum atomic E-state index is 5.46. The van der Waals surface area contributed by atoms with E-state index < -0.39 is 0 Å². The lowest BCUT2D eigenvalue weighted by atomic mass is 10.0. The summed E-state index contributed by atoms with van der Waals surface area (Å²) in [4.78, 5) is 0. The third-order valence-electron chi connectivity index (χ3n) is 2.70. The molecule has 2 rings (SSSR count). The standard InChI is InChI=1S/C13H16O/c1-3-4-5-6-11-9-14-12-8-7-10(2)13(11)12/h7-9H,2-6H2,1H3. The maximum absolute atomic E-state index is 5.46. The Morgan fingerprint density at radius 2 is 2.14 bits per heavy atom. The van der Waals surface area contributed by atoms with Crippen LogP contribution in [0.5, 0.6) is 0 Å². The van der Waals surface area contributed by atoms with Gasteiger partial charge in [-0.25, -0.2) is 0 Å². The van der Waals surface area contributed by atoms with Gasteiger partial charge in [0.1, 0.15) is 5.76 Å². The summed E-state index contributed by atoms with van der Waals surface area (Å²) in [6, 6.07) is 0. The molecule has 0 radical (unpaired) electrons. The van der Waals surface area contributed by atoms with E-state index in [0.29, 0.717) is 0 Å². The van der Waals surface area contributed by atoms with E-state index in [-0.39, 0.29) is 0 Å². The lowest BCUT2D eigenvalue weighted by Gasteiger charge is -2.00. The summed E-state index contributed by atoms with van der Waals surface area (Å²) in [5, 5.41) is 0. The second-order valence-electron chi connectivity index (χ2n) is 3.82. The molecule has 0 fully saturated rings. The second kappa shape index (κ2) is 3.87. The molecular formula is C13H16O. The second-order valence-corrected chi connectivity index (χ2v) is 3.82. The molecule has 0 atom stereocenters. The fraction of sp³-hybridized carbons (Fsp3) is 0.385. The Morgan fingerprint density at radius 1 is 1.29 bits per heavy atom. The number of hydrogen-bond acceptors (Lipinski definition) is 1. The number of aryl methyl sites for hydroxylation is 1. The highest BCUT2D eigenvalue weighted by Crippen LogP contribution is 2.33. The van der Waals surface area contributed by atoms with Crippen molar-refractivity contribution in [2.24, 2.45) is 0 Å². The number of hydrogen-bond donors (Lipinski definition) is 0. The topological polar surface area (TPSA) is 13.1 Å². The Balaban J connectivity index is 2.10. The zero-order valence-electron chi connectivity index (χ0n) is 8.68. The van der Waals surface area contributed by atoms with Crippen molar-refractivity contribution in [3.8, 4) is 0 Å². The first-order chi connectivity index (χ1) is 6.83. The van der Waals surface area contributed by atoms with Crippen LogP contribution in [0.1, 0.15) is 43.1 Å². The van der Waals surface area contributed by atoms with Crippen LogP contribution < -0.4 is 0 Å². The van der Waals surface area contributed by atoms with E-state index >= 15 is 0 Å². The minimum Gasteiger partial charge on any atom is -0.464 e. The predicted octanol–water partition coefficient (Wildman–Crippen LogP) is 4.05. The van der Waals surface area contributed by atoms with Crippen molar-refractivity contribution in [3.05, 3.63) is 35.8 Å². The van der Waals surface area contributed by atoms with E-state index in [2.05, 4.69) is 13.5 Å². The fourth-order valence-corrected chi connectivity index (χ4v) is 1.91. The summed E-state index contributed by atoms with van der Waals surface area (Å²) in [6.07, 6.45) is 10.8. The summed E-state index contributed by atoms with van der Waals surface area (Å²) in [5.41, 5.74) is 3.66. The molecule has 1 aliphatic rings. The molecule has 0 unspecified atom stereocenters. The van der Waals surface area contributed by atoms with Gasteiger partial charge in [0.25, 0.3) is 0 Å². The summed E-state index contributed by atoms with van der Waals surface area (Å²) >= 11 is 0. The summed E-state index contributed by atoms with van der Waals surface area (Å²) < 4.78 is 5.46. The van der Waals surface area contributed by atoms with Crippen LogP contribution in [0, 0.1) is 0 Å². The summed E-state index contributed by atoms with van der Waals surface area (Å²) in [6.45, 7) is 6.23. The van der Waals surface area contributed by atoms with Crippen molar-refractivity contribution in [1.82, 2.24) is 0 Å². The molecule has 0 amide bonds. The van der Waals surface area contributed by atoms with E-state index in [1.54, 1.807) is 0 Å². The van der Waals surface area contributed by atoms with Gasteiger partial charge in [0.05, 0.1) is 6.26 Å². The van der Waals surface area contributed by atoms with Gasteiger partial charge in [0.2, 0.25) is 0 Å². The molecule has 0 N–H and O–H groups in total. The normalized spacial score (nSPS) is 13.6.